The smallest absolute Gasteiger partial charge is 0.322 e. The van der Waals surface area contributed by atoms with Crippen molar-refractivity contribution in [3.63, 3.8) is 0 Å². The lowest BCUT2D eigenvalue weighted by atomic mass is 9.98. The van der Waals surface area contributed by atoms with Crippen LogP contribution in [-0.2, 0) is 16.9 Å². The highest BCUT2D eigenvalue weighted by Gasteiger charge is 2.40. The molecule has 1 fully saturated rings. The maximum atomic E-state index is 14.9. The number of hydrogen-bond donors (Lipinski definition) is 2. The largest absolute Gasteiger partial charge is 0.494 e. The summed E-state index contributed by atoms with van der Waals surface area (Å²) >= 11 is 0. The summed E-state index contributed by atoms with van der Waals surface area (Å²) in [6.45, 7) is 8.69. The number of urea groups is 1. The van der Waals surface area contributed by atoms with Crippen molar-refractivity contribution in [1.82, 2.24) is 25.4 Å². The third-order valence-corrected chi connectivity index (χ3v) is 7.62. The monoisotopic (exact) mass is 552 g/mol. The zero-order valence-corrected chi connectivity index (χ0v) is 22.8. The van der Waals surface area contributed by atoms with E-state index in [0.717, 1.165) is 45.0 Å². The van der Waals surface area contributed by atoms with Crippen molar-refractivity contribution < 1.29 is 27.9 Å². The van der Waals surface area contributed by atoms with Gasteiger partial charge in [-0.1, -0.05) is 13.0 Å². The normalized spacial score (nSPS) is 17.4. The minimum absolute atomic E-state index is 0.0221. The van der Waals surface area contributed by atoms with Crippen LogP contribution in [0.4, 0.5) is 15.0 Å². The molecule has 5 rings (SSSR count). The Morgan fingerprint density at radius 2 is 2.05 bits per heavy atom. The average molecular weight is 553 g/mol. The molecule has 40 heavy (non-hydrogen) atoms. The van der Waals surface area contributed by atoms with Crippen molar-refractivity contribution in [1.29, 1.82) is 0 Å². The van der Waals surface area contributed by atoms with E-state index in [1.54, 1.807) is 19.1 Å². The summed E-state index contributed by atoms with van der Waals surface area (Å²) in [5, 5.41) is 4.82. The van der Waals surface area contributed by atoms with Crippen LogP contribution in [0.2, 0.25) is 0 Å². The first-order valence-corrected chi connectivity index (χ1v) is 13.3. The summed E-state index contributed by atoms with van der Waals surface area (Å²) in [4.78, 5) is 47.6. The molecule has 0 saturated carbocycles. The molecule has 1 atom stereocenters. The molecule has 3 aromatic rings. The Morgan fingerprint density at radius 3 is 2.80 bits per heavy atom. The highest BCUT2D eigenvalue weighted by molar-refractivity contribution is 5.99. The SMILES string of the molecule is CCN1CCCN(c2ccc3oc([C@](C)(CN4Cc5ccc(OC)c(F)c5C4=O)NC(=O)NC=O)cc3n2)CC1. The molecular formula is C28H33FN6O5. The first kappa shape index (κ1) is 27.4. The molecule has 0 aliphatic carbocycles. The van der Waals surface area contributed by atoms with Gasteiger partial charge in [-0.3, -0.25) is 14.9 Å². The lowest BCUT2D eigenvalue weighted by molar-refractivity contribution is -0.108. The number of carbonyl (C=O) groups excluding carboxylic acids is 3. The minimum Gasteiger partial charge on any atom is -0.494 e. The first-order chi connectivity index (χ1) is 19.3. The van der Waals surface area contributed by atoms with E-state index in [9.17, 15) is 18.8 Å². The van der Waals surface area contributed by atoms with Crippen molar-refractivity contribution in [3.8, 4) is 5.75 Å². The van der Waals surface area contributed by atoms with Crippen LogP contribution in [0.1, 0.15) is 41.9 Å². The summed E-state index contributed by atoms with van der Waals surface area (Å²) in [6, 6.07) is 7.84. The van der Waals surface area contributed by atoms with Gasteiger partial charge in [0.15, 0.2) is 17.1 Å². The number of benzene rings is 1. The predicted octanol–water partition coefficient (Wildman–Crippen LogP) is 2.83. The predicted molar refractivity (Wildman–Crippen MR) is 146 cm³/mol. The summed E-state index contributed by atoms with van der Waals surface area (Å²) < 4.78 is 26.1. The second-order valence-electron chi connectivity index (χ2n) is 10.3. The van der Waals surface area contributed by atoms with Crippen LogP contribution >= 0.6 is 0 Å². The molecule has 4 amide bonds. The van der Waals surface area contributed by atoms with Crippen molar-refractivity contribution in [2.45, 2.75) is 32.4 Å². The zero-order valence-electron chi connectivity index (χ0n) is 22.8. The number of likely N-dealkylation sites (N-methyl/N-ethyl adjacent to an activating group) is 1. The number of pyridine rings is 1. The van der Waals surface area contributed by atoms with Crippen molar-refractivity contribution in [2.24, 2.45) is 0 Å². The van der Waals surface area contributed by atoms with Gasteiger partial charge in [-0.25, -0.2) is 14.2 Å². The first-order valence-electron chi connectivity index (χ1n) is 13.3. The summed E-state index contributed by atoms with van der Waals surface area (Å²) in [5.74, 6) is -0.110. The van der Waals surface area contributed by atoms with Gasteiger partial charge < -0.3 is 29.2 Å². The second-order valence-corrected chi connectivity index (χ2v) is 10.3. The number of halogens is 1. The molecular weight excluding hydrogens is 519 g/mol. The van der Waals surface area contributed by atoms with E-state index in [4.69, 9.17) is 14.1 Å². The van der Waals surface area contributed by atoms with Crippen LogP contribution in [0.25, 0.3) is 11.1 Å². The van der Waals surface area contributed by atoms with Gasteiger partial charge in [0, 0.05) is 32.2 Å². The highest BCUT2D eigenvalue weighted by atomic mass is 19.1. The molecule has 0 unspecified atom stereocenters. The molecule has 0 radical (unpaired) electrons. The molecule has 2 aromatic heterocycles. The number of hydrogen-bond acceptors (Lipinski definition) is 8. The Balaban J connectivity index is 1.44. The van der Waals surface area contributed by atoms with Crippen LogP contribution in [0.3, 0.4) is 0 Å². The van der Waals surface area contributed by atoms with E-state index in [0.29, 0.717) is 22.4 Å². The second kappa shape index (κ2) is 11.1. The lowest BCUT2D eigenvalue weighted by Gasteiger charge is -2.32. The van der Waals surface area contributed by atoms with Crippen molar-refractivity contribution in [3.05, 3.63) is 53.0 Å². The number of amides is 4. The number of imide groups is 1. The Bertz CT molecular complexity index is 1440. The number of ether oxygens (including phenoxy) is 1. The number of nitrogens with zero attached hydrogens (tertiary/aromatic N) is 4. The van der Waals surface area contributed by atoms with E-state index in [1.807, 2.05) is 12.1 Å². The summed E-state index contributed by atoms with van der Waals surface area (Å²) in [7, 11) is 1.34. The van der Waals surface area contributed by atoms with Crippen molar-refractivity contribution >= 4 is 35.3 Å². The summed E-state index contributed by atoms with van der Waals surface area (Å²) in [6.07, 6.45) is 1.30. The number of methoxy groups -OCH3 is 1. The van der Waals surface area contributed by atoms with Crippen LogP contribution in [0, 0.1) is 5.82 Å². The Hall–Kier alpha value is -4.19. The average Bonchev–Trinajstić information content (AvgIpc) is 3.40. The van der Waals surface area contributed by atoms with Gasteiger partial charge in [0.25, 0.3) is 5.91 Å². The maximum absolute atomic E-state index is 14.9. The number of aromatic nitrogens is 1. The van der Waals surface area contributed by atoms with E-state index in [1.165, 1.54) is 18.1 Å². The molecule has 0 bridgehead atoms. The fourth-order valence-corrected chi connectivity index (χ4v) is 5.46. The Morgan fingerprint density at radius 1 is 1.23 bits per heavy atom. The molecule has 2 aliphatic heterocycles. The Kier molecular flexibility index (Phi) is 7.61. The van der Waals surface area contributed by atoms with Gasteiger partial charge in [-0.05, 0) is 50.2 Å². The van der Waals surface area contributed by atoms with Crippen LogP contribution in [-0.4, -0.2) is 79.5 Å². The van der Waals surface area contributed by atoms with Gasteiger partial charge in [-0.2, -0.15) is 0 Å². The third-order valence-electron chi connectivity index (χ3n) is 7.62. The number of fused-ring (bicyclic) bond motifs is 2. The molecule has 212 valence electrons. The molecule has 11 nitrogen and oxygen atoms in total. The topological polar surface area (TPSA) is 120 Å². The van der Waals surface area contributed by atoms with Gasteiger partial charge in [0.2, 0.25) is 6.41 Å². The minimum atomic E-state index is -1.28. The molecule has 4 heterocycles. The van der Waals surface area contributed by atoms with Gasteiger partial charge in [-0.15, -0.1) is 0 Å². The van der Waals surface area contributed by atoms with Crippen LogP contribution < -0.4 is 20.3 Å². The van der Waals surface area contributed by atoms with E-state index in [-0.39, 0.29) is 30.8 Å². The quantitative estimate of drug-likeness (QED) is 0.410. The van der Waals surface area contributed by atoms with E-state index in [2.05, 4.69) is 27.4 Å². The molecule has 1 aromatic carbocycles. The highest BCUT2D eigenvalue weighted by Crippen LogP contribution is 2.35. The van der Waals surface area contributed by atoms with E-state index < -0.39 is 23.3 Å². The Labute approximate surface area is 231 Å². The van der Waals surface area contributed by atoms with Crippen LogP contribution in [0.5, 0.6) is 5.75 Å². The number of carbonyl (C=O) groups is 3. The van der Waals surface area contributed by atoms with E-state index >= 15 is 0 Å². The third kappa shape index (κ3) is 5.18. The number of rotatable bonds is 8. The molecule has 0 spiro atoms. The van der Waals surface area contributed by atoms with Crippen molar-refractivity contribution in [2.75, 3.05) is 51.3 Å². The van der Waals surface area contributed by atoms with Crippen LogP contribution in [0.15, 0.2) is 34.7 Å². The fraction of sp³-hybridized carbons (Fsp3) is 0.429. The number of nitrogens with one attached hydrogen (secondary N) is 2. The van der Waals surface area contributed by atoms with Gasteiger partial charge >= 0.3 is 6.03 Å². The lowest BCUT2D eigenvalue weighted by Crippen LogP contribution is -2.53. The molecule has 12 heteroatoms. The molecule has 2 N–H and O–H groups in total. The number of anilines is 1. The maximum Gasteiger partial charge on any atom is 0.322 e. The van der Waals surface area contributed by atoms with Gasteiger partial charge in [0.1, 0.15) is 22.6 Å². The molecule has 2 aliphatic rings. The fourth-order valence-electron chi connectivity index (χ4n) is 5.46. The zero-order chi connectivity index (χ0) is 28.4. The molecule has 1 saturated heterocycles. The number of furan rings is 1. The van der Waals surface area contributed by atoms with Gasteiger partial charge in [0.05, 0.1) is 19.2 Å². The summed E-state index contributed by atoms with van der Waals surface area (Å²) in [5.41, 5.74) is 0.280. The standard InChI is InChI=1S/C28H33FN6O5/c1-4-33-10-5-11-34(13-12-33)23-9-8-20-19(31-23)14-22(40-20)28(2,32-27(38)30-17-36)16-35-15-18-6-7-21(39-3)25(29)24(18)26(35)37/h6-9,14,17H,4-5,10-13,15-16H2,1-3H3,(H2,30,32,36,38)/t28-/m0/s1.